The minimum absolute atomic E-state index is 0.953. The molecule has 1 aliphatic rings. The van der Waals surface area contributed by atoms with Gasteiger partial charge in [-0.3, -0.25) is 4.98 Å². The van der Waals surface area contributed by atoms with Gasteiger partial charge in [0.2, 0.25) is 0 Å². The van der Waals surface area contributed by atoms with Crippen molar-refractivity contribution in [3.8, 4) is 33.5 Å². The molecule has 0 fully saturated rings. The fourth-order valence-corrected chi connectivity index (χ4v) is 4.24. The van der Waals surface area contributed by atoms with Gasteiger partial charge < -0.3 is 0 Å². The Morgan fingerprint density at radius 1 is 0.552 bits per heavy atom. The maximum absolute atomic E-state index is 4.86. The summed E-state index contributed by atoms with van der Waals surface area (Å²) in [6.45, 7) is 8.67. The van der Waals surface area contributed by atoms with E-state index in [0.29, 0.717) is 0 Å². The van der Waals surface area contributed by atoms with Gasteiger partial charge in [0.1, 0.15) is 0 Å². The summed E-state index contributed by atoms with van der Waals surface area (Å²) in [4.78, 5) is 4.86. The summed E-state index contributed by atoms with van der Waals surface area (Å²) in [6.07, 6.45) is 2.98. The predicted molar refractivity (Wildman–Crippen MR) is 122 cm³/mol. The molecule has 0 unspecified atom stereocenters. The van der Waals surface area contributed by atoms with Crippen molar-refractivity contribution in [2.45, 2.75) is 34.1 Å². The molecular formula is C28H25N. The van der Waals surface area contributed by atoms with Gasteiger partial charge in [-0.15, -0.1) is 0 Å². The molecule has 1 nitrogen and oxygen atoms in total. The Bertz CT molecular complexity index is 1160. The van der Waals surface area contributed by atoms with Crippen LogP contribution in [0.5, 0.6) is 0 Å². The van der Waals surface area contributed by atoms with Crippen molar-refractivity contribution in [3.63, 3.8) is 0 Å². The zero-order chi connectivity index (χ0) is 20.1. The molecule has 1 heterocycles. The van der Waals surface area contributed by atoms with E-state index in [-0.39, 0.29) is 0 Å². The van der Waals surface area contributed by atoms with Crippen LogP contribution in [-0.2, 0) is 6.42 Å². The average molecular weight is 376 g/mol. The Morgan fingerprint density at radius 2 is 1.10 bits per heavy atom. The third kappa shape index (κ3) is 3.07. The van der Waals surface area contributed by atoms with Crippen LogP contribution in [-0.4, -0.2) is 4.98 Å². The summed E-state index contributed by atoms with van der Waals surface area (Å²) in [5.74, 6) is 0. The Kier molecular flexibility index (Phi) is 4.13. The first-order valence-electron chi connectivity index (χ1n) is 10.3. The van der Waals surface area contributed by atoms with Crippen LogP contribution in [0.1, 0.15) is 33.4 Å². The van der Waals surface area contributed by atoms with E-state index in [2.05, 4.69) is 88.4 Å². The van der Waals surface area contributed by atoms with Crippen molar-refractivity contribution in [3.05, 3.63) is 100 Å². The van der Waals surface area contributed by atoms with Crippen LogP contribution in [0.25, 0.3) is 33.5 Å². The fourth-order valence-electron chi connectivity index (χ4n) is 4.24. The number of aromatic nitrogens is 1. The highest BCUT2D eigenvalue weighted by atomic mass is 14.7. The van der Waals surface area contributed by atoms with Crippen LogP contribution >= 0.6 is 0 Å². The minimum atomic E-state index is 0.953. The van der Waals surface area contributed by atoms with Crippen molar-refractivity contribution in [1.29, 1.82) is 0 Å². The molecule has 0 saturated heterocycles. The third-order valence-corrected chi connectivity index (χ3v) is 6.39. The molecule has 3 aromatic carbocycles. The maximum atomic E-state index is 4.86. The molecule has 1 aromatic heterocycles. The Balaban J connectivity index is 1.51. The molecule has 1 heteroatoms. The van der Waals surface area contributed by atoms with E-state index in [1.54, 1.807) is 0 Å². The van der Waals surface area contributed by atoms with Gasteiger partial charge in [-0.05, 0) is 83.8 Å². The van der Waals surface area contributed by atoms with Crippen molar-refractivity contribution in [1.82, 2.24) is 4.98 Å². The molecule has 4 aromatic rings. The van der Waals surface area contributed by atoms with E-state index in [1.807, 2.05) is 6.20 Å². The lowest BCUT2D eigenvalue weighted by Crippen LogP contribution is -1.89. The van der Waals surface area contributed by atoms with Gasteiger partial charge in [-0.1, -0.05) is 54.6 Å². The van der Waals surface area contributed by atoms with Gasteiger partial charge in [0.25, 0.3) is 0 Å². The summed E-state index contributed by atoms with van der Waals surface area (Å²) >= 11 is 0. The molecule has 0 saturated carbocycles. The molecule has 0 N–H and O–H groups in total. The SMILES string of the molecule is Cc1ccc(-c2ccc3c(c2)Cc2cc(-c4ccc(C)c(C)c4)cnc2-3)cc1C. The smallest absolute Gasteiger partial charge is 0.0740 e. The lowest BCUT2D eigenvalue weighted by molar-refractivity contribution is 1.23. The van der Waals surface area contributed by atoms with Gasteiger partial charge >= 0.3 is 0 Å². The number of aryl methyl sites for hydroxylation is 4. The van der Waals surface area contributed by atoms with E-state index in [0.717, 1.165) is 12.1 Å². The number of hydrogen-bond acceptors (Lipinski definition) is 1. The van der Waals surface area contributed by atoms with Crippen LogP contribution in [0.15, 0.2) is 66.9 Å². The molecule has 142 valence electrons. The van der Waals surface area contributed by atoms with Crippen molar-refractivity contribution >= 4 is 0 Å². The number of rotatable bonds is 2. The molecule has 0 amide bonds. The highest BCUT2D eigenvalue weighted by molar-refractivity contribution is 5.80. The summed E-state index contributed by atoms with van der Waals surface area (Å²) < 4.78 is 0. The molecule has 29 heavy (non-hydrogen) atoms. The number of benzene rings is 3. The quantitative estimate of drug-likeness (QED) is 0.317. The normalized spacial score (nSPS) is 12.0. The van der Waals surface area contributed by atoms with Gasteiger partial charge in [-0.2, -0.15) is 0 Å². The second kappa shape index (κ2) is 6.70. The first kappa shape index (κ1) is 17.9. The topological polar surface area (TPSA) is 12.9 Å². The van der Waals surface area contributed by atoms with E-state index >= 15 is 0 Å². The van der Waals surface area contributed by atoms with Crippen LogP contribution in [0.3, 0.4) is 0 Å². The zero-order valence-corrected chi connectivity index (χ0v) is 17.5. The summed E-state index contributed by atoms with van der Waals surface area (Å²) in [6, 6.07) is 22.5. The Labute approximate surface area is 173 Å². The van der Waals surface area contributed by atoms with Crippen LogP contribution in [0, 0.1) is 27.7 Å². The molecule has 1 aliphatic carbocycles. The van der Waals surface area contributed by atoms with Crippen molar-refractivity contribution < 1.29 is 0 Å². The molecule has 0 spiro atoms. The van der Waals surface area contributed by atoms with Crippen molar-refractivity contribution in [2.75, 3.05) is 0 Å². The second-order valence-electron chi connectivity index (χ2n) is 8.38. The van der Waals surface area contributed by atoms with Crippen LogP contribution < -0.4 is 0 Å². The minimum Gasteiger partial charge on any atom is -0.255 e. The average Bonchev–Trinajstić information content (AvgIpc) is 3.09. The van der Waals surface area contributed by atoms with Gasteiger partial charge in [0, 0.05) is 23.7 Å². The summed E-state index contributed by atoms with van der Waals surface area (Å²) in [7, 11) is 0. The standard InChI is InChI=1S/C28H25N/c1-17-5-7-21(11-19(17)3)23-9-10-27-24(13-23)14-25-15-26(16-29-28(25)27)22-8-6-18(2)20(4)12-22/h5-13,15-16H,14H2,1-4H3. The van der Waals surface area contributed by atoms with Gasteiger partial charge in [0.05, 0.1) is 5.69 Å². The predicted octanol–water partition coefficient (Wildman–Crippen LogP) is 7.22. The first-order valence-corrected chi connectivity index (χ1v) is 10.3. The molecule has 0 radical (unpaired) electrons. The third-order valence-electron chi connectivity index (χ3n) is 6.39. The lowest BCUT2D eigenvalue weighted by Gasteiger charge is -2.08. The molecular weight excluding hydrogens is 350 g/mol. The van der Waals surface area contributed by atoms with E-state index in [4.69, 9.17) is 4.98 Å². The number of hydrogen-bond donors (Lipinski definition) is 0. The van der Waals surface area contributed by atoms with Gasteiger partial charge in [-0.25, -0.2) is 0 Å². The summed E-state index contributed by atoms with van der Waals surface area (Å²) in [5.41, 5.74) is 15.5. The van der Waals surface area contributed by atoms with Crippen LogP contribution in [0.4, 0.5) is 0 Å². The second-order valence-corrected chi connectivity index (χ2v) is 8.38. The number of nitrogens with zero attached hydrogens (tertiary/aromatic N) is 1. The molecule has 0 atom stereocenters. The number of pyridine rings is 1. The maximum Gasteiger partial charge on any atom is 0.0740 e. The number of fused-ring (bicyclic) bond motifs is 3. The Hall–Kier alpha value is -3.19. The summed E-state index contributed by atoms with van der Waals surface area (Å²) in [5, 5.41) is 0. The lowest BCUT2D eigenvalue weighted by atomic mass is 9.97. The van der Waals surface area contributed by atoms with Crippen molar-refractivity contribution in [2.24, 2.45) is 0 Å². The van der Waals surface area contributed by atoms with Crippen LogP contribution in [0.2, 0.25) is 0 Å². The highest BCUT2D eigenvalue weighted by Crippen LogP contribution is 2.39. The highest BCUT2D eigenvalue weighted by Gasteiger charge is 2.21. The molecule has 0 bridgehead atoms. The molecule has 0 aliphatic heterocycles. The van der Waals surface area contributed by atoms with E-state index in [1.165, 1.54) is 61.2 Å². The monoisotopic (exact) mass is 375 g/mol. The fraction of sp³-hybridized carbons (Fsp3) is 0.179. The molecule has 5 rings (SSSR count). The Morgan fingerprint density at radius 3 is 1.76 bits per heavy atom. The largest absolute Gasteiger partial charge is 0.255 e. The van der Waals surface area contributed by atoms with E-state index in [9.17, 15) is 0 Å². The van der Waals surface area contributed by atoms with Gasteiger partial charge in [0.15, 0.2) is 0 Å². The van der Waals surface area contributed by atoms with E-state index < -0.39 is 0 Å². The zero-order valence-electron chi connectivity index (χ0n) is 17.5. The first-order chi connectivity index (χ1) is 14.0.